The first-order valence-electron chi connectivity index (χ1n) is 15.9. The average Bonchev–Trinajstić information content (AvgIpc) is 3.53. The van der Waals surface area contributed by atoms with Crippen molar-refractivity contribution in [2.75, 3.05) is 40.4 Å². The number of hydrogen-bond donors (Lipinski definition) is 4. The Morgan fingerprint density at radius 2 is 1.83 bits per heavy atom. The molecule has 2 amide bonds. The number of ether oxygens (including phenoxy) is 3. The Kier molecular flexibility index (Phi) is 13.9. The normalized spacial score (nSPS) is 32.2. The summed E-state index contributed by atoms with van der Waals surface area (Å²) in [7, 11) is 2.95. The maximum absolute atomic E-state index is 13.8. The number of aliphatic hydroxyl groups excluding tert-OH is 1. The smallest absolute Gasteiger partial charge is 0.405 e. The van der Waals surface area contributed by atoms with Crippen molar-refractivity contribution in [3.63, 3.8) is 0 Å². The Labute approximate surface area is 271 Å². The Morgan fingerprint density at radius 1 is 1.13 bits per heavy atom. The number of fused-ring (bicyclic) bond motifs is 2. The second-order valence-corrected chi connectivity index (χ2v) is 12.4. The van der Waals surface area contributed by atoms with Crippen LogP contribution in [0, 0.1) is 11.8 Å². The average molecular weight is 643 g/mol. The molecule has 1 saturated heterocycles. The third-order valence-corrected chi connectivity index (χ3v) is 8.72. The highest BCUT2D eigenvalue weighted by molar-refractivity contribution is 6.23. The Balaban J connectivity index is 2.01. The molecule has 0 radical (unpaired) electrons. The van der Waals surface area contributed by atoms with Gasteiger partial charge in [-0.05, 0) is 64.1 Å². The highest BCUT2D eigenvalue weighted by Crippen LogP contribution is 2.29. The minimum absolute atomic E-state index is 0.0987. The second kappa shape index (κ2) is 17.4. The van der Waals surface area contributed by atoms with Gasteiger partial charge in [-0.3, -0.25) is 14.4 Å². The fourth-order valence-electron chi connectivity index (χ4n) is 6.12. The van der Waals surface area contributed by atoms with E-state index in [4.69, 9.17) is 19.9 Å². The van der Waals surface area contributed by atoms with Crippen molar-refractivity contribution >= 4 is 23.6 Å². The monoisotopic (exact) mass is 642 g/mol. The SMILES string of the molecule is CO[C@H]1/C=C/C=C(/C)C(=O)NC2=CC(=O)C(NCCN3CCCC3)=C(C[C@@H](C)C[C@H](OC)[C@H](O)[C@@H](C)/C=C(\C)[C@@H]1OC(N)=O)C2=O. The predicted molar refractivity (Wildman–Crippen MR) is 173 cm³/mol. The number of carbonyl (C=O) groups excluding carboxylic acids is 4. The van der Waals surface area contributed by atoms with E-state index >= 15 is 0 Å². The van der Waals surface area contributed by atoms with Gasteiger partial charge in [-0.15, -0.1) is 0 Å². The lowest BCUT2D eigenvalue weighted by molar-refractivity contribution is -0.120. The molecule has 0 saturated carbocycles. The number of likely N-dealkylation sites (tertiary alicyclic amines) is 1. The number of nitrogens with one attached hydrogen (secondary N) is 2. The van der Waals surface area contributed by atoms with E-state index in [0.29, 0.717) is 24.1 Å². The molecule has 3 rings (SSSR count). The van der Waals surface area contributed by atoms with Crippen LogP contribution in [0.4, 0.5) is 4.79 Å². The fourth-order valence-corrected chi connectivity index (χ4v) is 6.12. The third kappa shape index (κ3) is 9.96. The van der Waals surface area contributed by atoms with Crippen LogP contribution in [0.15, 0.2) is 58.5 Å². The van der Waals surface area contributed by atoms with Gasteiger partial charge in [0.25, 0.3) is 5.91 Å². The molecular weight excluding hydrogens is 592 g/mol. The van der Waals surface area contributed by atoms with Crippen molar-refractivity contribution in [3.05, 3.63) is 58.5 Å². The summed E-state index contributed by atoms with van der Waals surface area (Å²) in [6.07, 6.45) is 6.29. The van der Waals surface area contributed by atoms with Gasteiger partial charge in [-0.1, -0.05) is 38.2 Å². The standard InChI is InChI=1S/C34H50N4O8/c1-20-16-24-29(36-12-15-38-13-7-8-14-38)26(39)19-25(31(24)41)37-33(42)21(2)10-9-11-27(44-5)32(46-34(35)43)23(4)18-22(3)30(40)28(17-20)45-6/h9-11,18-20,22,27-28,30,32,36,40H,7-8,12-17H2,1-6H3,(H2,35,43)(H,37,42)/b11-9+,21-10-,23-18+/t20-,22+,27+,28+,30-,32+/m1/s1. The van der Waals surface area contributed by atoms with Crippen molar-refractivity contribution in [1.29, 1.82) is 0 Å². The van der Waals surface area contributed by atoms with E-state index in [1.807, 2.05) is 13.8 Å². The van der Waals surface area contributed by atoms with E-state index in [0.717, 1.165) is 32.5 Å². The molecule has 2 aliphatic heterocycles. The Morgan fingerprint density at radius 3 is 2.46 bits per heavy atom. The number of nitrogens with zero attached hydrogens (tertiary/aromatic N) is 1. The molecule has 0 unspecified atom stereocenters. The first kappa shape index (κ1) is 36.9. The van der Waals surface area contributed by atoms with Gasteiger partial charge < -0.3 is 40.6 Å². The van der Waals surface area contributed by atoms with Crippen LogP contribution >= 0.6 is 0 Å². The van der Waals surface area contributed by atoms with Crippen LogP contribution in [0.5, 0.6) is 0 Å². The molecule has 3 aliphatic rings. The van der Waals surface area contributed by atoms with E-state index in [1.165, 1.54) is 26.4 Å². The van der Waals surface area contributed by atoms with Gasteiger partial charge >= 0.3 is 6.09 Å². The number of allylic oxidation sites excluding steroid dienone is 4. The van der Waals surface area contributed by atoms with Crippen molar-refractivity contribution in [1.82, 2.24) is 15.5 Å². The zero-order valence-electron chi connectivity index (χ0n) is 27.8. The number of ketones is 2. The molecular formula is C34H50N4O8. The zero-order valence-corrected chi connectivity index (χ0v) is 27.8. The number of nitrogens with two attached hydrogens (primary N) is 1. The van der Waals surface area contributed by atoms with Crippen LogP contribution in [-0.4, -0.2) is 98.4 Å². The molecule has 12 heteroatoms. The van der Waals surface area contributed by atoms with Gasteiger partial charge in [-0.2, -0.15) is 0 Å². The third-order valence-electron chi connectivity index (χ3n) is 8.72. The molecule has 1 fully saturated rings. The van der Waals surface area contributed by atoms with Crippen LogP contribution in [0.2, 0.25) is 0 Å². The first-order valence-corrected chi connectivity index (χ1v) is 15.9. The summed E-state index contributed by atoms with van der Waals surface area (Å²) >= 11 is 0. The molecule has 1 aliphatic carbocycles. The van der Waals surface area contributed by atoms with Crippen LogP contribution in [0.3, 0.4) is 0 Å². The van der Waals surface area contributed by atoms with Crippen molar-refractivity contribution in [2.45, 2.75) is 77.8 Å². The Hall–Kier alpha value is -3.58. The zero-order chi connectivity index (χ0) is 34.0. The summed E-state index contributed by atoms with van der Waals surface area (Å²) in [5.41, 5.74) is 6.66. The van der Waals surface area contributed by atoms with E-state index in [1.54, 1.807) is 32.1 Å². The predicted octanol–water partition coefficient (Wildman–Crippen LogP) is 2.45. The van der Waals surface area contributed by atoms with Crippen LogP contribution in [0.25, 0.3) is 0 Å². The number of methoxy groups -OCH3 is 2. The van der Waals surface area contributed by atoms with Crippen LogP contribution in [0.1, 0.15) is 53.4 Å². The maximum Gasteiger partial charge on any atom is 0.405 e. The number of rotatable bonds is 7. The minimum Gasteiger partial charge on any atom is -0.439 e. The molecule has 0 aromatic heterocycles. The van der Waals surface area contributed by atoms with Gasteiger partial charge in [0, 0.05) is 50.4 Å². The van der Waals surface area contributed by atoms with E-state index in [-0.39, 0.29) is 35.1 Å². The molecule has 46 heavy (non-hydrogen) atoms. The lowest BCUT2D eigenvalue weighted by Crippen LogP contribution is -2.38. The van der Waals surface area contributed by atoms with Crippen molar-refractivity contribution < 1.29 is 38.5 Å². The Bertz CT molecular complexity index is 1290. The number of amides is 2. The van der Waals surface area contributed by atoms with E-state index in [9.17, 15) is 24.3 Å². The maximum atomic E-state index is 13.8. The number of Topliss-reactive ketones (excluding diaryl/α,β-unsaturated/α-hetero) is 1. The van der Waals surface area contributed by atoms with Gasteiger partial charge in [0.1, 0.15) is 6.10 Å². The van der Waals surface area contributed by atoms with Gasteiger partial charge in [0.2, 0.25) is 11.6 Å². The summed E-state index contributed by atoms with van der Waals surface area (Å²) in [4.78, 5) is 54.4. The molecule has 0 aromatic carbocycles. The molecule has 0 spiro atoms. The molecule has 6 atom stereocenters. The summed E-state index contributed by atoms with van der Waals surface area (Å²) in [5, 5.41) is 17.2. The molecule has 2 bridgehead atoms. The lowest BCUT2D eigenvalue weighted by Gasteiger charge is -2.30. The number of hydrogen-bond acceptors (Lipinski definition) is 10. The summed E-state index contributed by atoms with van der Waals surface area (Å²) in [6, 6.07) is 0. The summed E-state index contributed by atoms with van der Waals surface area (Å²) in [6.45, 7) is 10.3. The number of aliphatic hydroxyl groups is 1. The van der Waals surface area contributed by atoms with Gasteiger partial charge in [-0.25, -0.2) is 4.79 Å². The van der Waals surface area contributed by atoms with Crippen LogP contribution < -0.4 is 16.4 Å². The lowest BCUT2D eigenvalue weighted by atomic mass is 9.85. The first-order chi connectivity index (χ1) is 21.9. The topological polar surface area (TPSA) is 170 Å². The second-order valence-electron chi connectivity index (χ2n) is 12.4. The summed E-state index contributed by atoms with van der Waals surface area (Å²) in [5.74, 6) is -1.99. The van der Waals surface area contributed by atoms with E-state index < -0.39 is 48.1 Å². The largest absolute Gasteiger partial charge is 0.439 e. The molecule has 254 valence electrons. The number of carbonyl (C=O) groups is 4. The molecule has 12 nitrogen and oxygen atoms in total. The summed E-state index contributed by atoms with van der Waals surface area (Å²) < 4.78 is 16.7. The van der Waals surface area contributed by atoms with Crippen molar-refractivity contribution in [3.8, 4) is 0 Å². The van der Waals surface area contributed by atoms with Crippen LogP contribution in [-0.2, 0) is 28.6 Å². The molecule has 5 N–H and O–H groups in total. The highest BCUT2D eigenvalue weighted by atomic mass is 16.6. The van der Waals surface area contributed by atoms with Gasteiger partial charge in [0.15, 0.2) is 6.10 Å². The quantitative estimate of drug-likeness (QED) is 0.239. The fraction of sp³-hybridized carbons (Fsp3) is 0.588. The highest BCUT2D eigenvalue weighted by Gasteiger charge is 2.33. The molecule has 0 aromatic rings. The number of primary amides is 1. The minimum atomic E-state index is -0.993. The molecule has 2 heterocycles. The van der Waals surface area contributed by atoms with Gasteiger partial charge in [0.05, 0.1) is 23.6 Å². The van der Waals surface area contributed by atoms with Crippen molar-refractivity contribution in [2.24, 2.45) is 17.6 Å². The van der Waals surface area contributed by atoms with E-state index in [2.05, 4.69) is 15.5 Å².